The van der Waals surface area contributed by atoms with Crippen molar-refractivity contribution >= 4 is 23.2 Å². The van der Waals surface area contributed by atoms with Gasteiger partial charge in [-0.25, -0.2) is 4.39 Å². The number of rotatable bonds is 8. The van der Waals surface area contributed by atoms with Crippen LogP contribution in [0.2, 0.25) is 5.02 Å². The van der Waals surface area contributed by atoms with E-state index in [1.54, 1.807) is 37.4 Å². The zero-order valence-electron chi connectivity index (χ0n) is 15.4. The highest BCUT2D eigenvalue weighted by Gasteiger charge is 2.47. The average molecular weight is 389 g/mol. The number of aromatic nitrogens is 1. The number of hydrogen-bond acceptors (Lipinski definition) is 4. The van der Waals surface area contributed by atoms with Crippen LogP contribution in [0.3, 0.4) is 0 Å². The minimum Gasteiger partial charge on any atom is -0.309 e. The van der Waals surface area contributed by atoms with Crippen molar-refractivity contribution in [3.05, 3.63) is 64.2 Å². The Balaban J connectivity index is 1.89. The van der Waals surface area contributed by atoms with E-state index in [-0.39, 0.29) is 33.4 Å². The van der Waals surface area contributed by atoms with Gasteiger partial charge < -0.3 is 5.32 Å². The number of hydrogen-bond donors (Lipinski definition) is 1. The Bertz CT molecular complexity index is 866. The first-order chi connectivity index (χ1) is 12.9. The van der Waals surface area contributed by atoms with Crippen molar-refractivity contribution in [1.29, 1.82) is 0 Å². The third-order valence-electron chi connectivity index (χ3n) is 5.34. The SMILES string of the molecule is CC[C@@H](NCC1(C(C)=O)CC1)c1ccc(Cl)c(C(=O)c2cccnc2)c1F. The molecular formula is C21H22ClFN2O2. The van der Waals surface area contributed by atoms with E-state index in [2.05, 4.69) is 10.3 Å². The van der Waals surface area contributed by atoms with Gasteiger partial charge in [0.15, 0.2) is 5.78 Å². The van der Waals surface area contributed by atoms with Crippen LogP contribution >= 0.6 is 11.6 Å². The lowest BCUT2D eigenvalue weighted by atomic mass is 9.95. The second kappa shape index (κ2) is 7.87. The fraction of sp³-hybridized carbons (Fsp3) is 0.381. The molecule has 2 aromatic rings. The number of nitrogens with zero attached hydrogens (tertiary/aromatic N) is 1. The molecule has 1 aliphatic carbocycles. The number of Topliss-reactive ketones (excluding diaryl/α,β-unsaturated/α-hetero) is 1. The molecule has 1 saturated carbocycles. The molecule has 0 radical (unpaired) electrons. The monoisotopic (exact) mass is 388 g/mol. The molecule has 0 aliphatic heterocycles. The first kappa shape index (κ1) is 19.6. The van der Waals surface area contributed by atoms with Crippen LogP contribution in [-0.4, -0.2) is 23.1 Å². The second-order valence-electron chi connectivity index (χ2n) is 7.07. The van der Waals surface area contributed by atoms with Gasteiger partial charge in [-0.15, -0.1) is 0 Å². The van der Waals surface area contributed by atoms with Crippen LogP contribution in [-0.2, 0) is 4.79 Å². The Labute approximate surface area is 163 Å². The van der Waals surface area contributed by atoms with Crippen molar-refractivity contribution < 1.29 is 14.0 Å². The van der Waals surface area contributed by atoms with Crippen molar-refractivity contribution in [2.75, 3.05) is 6.54 Å². The van der Waals surface area contributed by atoms with Crippen LogP contribution in [0.1, 0.15) is 60.6 Å². The fourth-order valence-corrected chi connectivity index (χ4v) is 3.52. The molecule has 1 aromatic heterocycles. The number of nitrogens with one attached hydrogen (secondary N) is 1. The highest BCUT2D eigenvalue weighted by atomic mass is 35.5. The minimum absolute atomic E-state index is 0.0716. The lowest BCUT2D eigenvalue weighted by Gasteiger charge is -2.22. The van der Waals surface area contributed by atoms with E-state index >= 15 is 4.39 Å². The van der Waals surface area contributed by atoms with Crippen molar-refractivity contribution in [3.8, 4) is 0 Å². The summed E-state index contributed by atoms with van der Waals surface area (Å²) in [7, 11) is 0. The zero-order valence-corrected chi connectivity index (χ0v) is 16.1. The maximum absolute atomic E-state index is 15.3. The van der Waals surface area contributed by atoms with Crippen LogP contribution in [0.4, 0.5) is 4.39 Å². The average Bonchev–Trinajstić information content (AvgIpc) is 3.45. The van der Waals surface area contributed by atoms with E-state index in [0.29, 0.717) is 18.5 Å². The maximum atomic E-state index is 15.3. The van der Waals surface area contributed by atoms with Gasteiger partial charge in [0.2, 0.25) is 0 Å². The Hall–Kier alpha value is -2.11. The van der Waals surface area contributed by atoms with Crippen molar-refractivity contribution in [2.24, 2.45) is 5.41 Å². The number of benzene rings is 1. The van der Waals surface area contributed by atoms with Crippen molar-refractivity contribution in [2.45, 2.75) is 39.2 Å². The van der Waals surface area contributed by atoms with Crippen LogP contribution in [0.5, 0.6) is 0 Å². The molecule has 0 spiro atoms. The van der Waals surface area contributed by atoms with Crippen LogP contribution < -0.4 is 5.32 Å². The van der Waals surface area contributed by atoms with Gasteiger partial charge in [-0.05, 0) is 44.4 Å². The van der Waals surface area contributed by atoms with Crippen LogP contribution in [0.15, 0.2) is 36.7 Å². The van der Waals surface area contributed by atoms with Crippen molar-refractivity contribution in [1.82, 2.24) is 10.3 Å². The highest BCUT2D eigenvalue weighted by molar-refractivity contribution is 6.35. The summed E-state index contributed by atoms with van der Waals surface area (Å²) < 4.78 is 15.3. The summed E-state index contributed by atoms with van der Waals surface area (Å²) in [6, 6.07) is 6.05. The molecule has 3 rings (SSSR count). The van der Waals surface area contributed by atoms with Crippen molar-refractivity contribution in [3.63, 3.8) is 0 Å². The topological polar surface area (TPSA) is 59.1 Å². The molecule has 1 N–H and O–H groups in total. The Kier molecular flexibility index (Phi) is 5.72. The quantitative estimate of drug-likeness (QED) is 0.676. The molecule has 0 bridgehead atoms. The molecule has 27 heavy (non-hydrogen) atoms. The third-order valence-corrected chi connectivity index (χ3v) is 5.66. The Morgan fingerprint density at radius 1 is 1.33 bits per heavy atom. The lowest BCUT2D eigenvalue weighted by molar-refractivity contribution is -0.121. The summed E-state index contributed by atoms with van der Waals surface area (Å²) in [6.07, 6.45) is 5.28. The van der Waals surface area contributed by atoms with E-state index < -0.39 is 11.6 Å². The van der Waals surface area contributed by atoms with Gasteiger partial charge in [-0.3, -0.25) is 14.6 Å². The zero-order chi connectivity index (χ0) is 19.6. The summed E-state index contributed by atoms with van der Waals surface area (Å²) in [6.45, 7) is 4.04. The smallest absolute Gasteiger partial charge is 0.199 e. The molecule has 1 heterocycles. The molecule has 1 fully saturated rings. The number of ketones is 2. The third kappa shape index (κ3) is 3.94. The lowest BCUT2D eigenvalue weighted by Crippen LogP contribution is -2.32. The molecule has 1 atom stereocenters. The maximum Gasteiger partial charge on any atom is 0.199 e. The van der Waals surface area contributed by atoms with Gasteiger partial charge in [-0.1, -0.05) is 24.6 Å². The molecule has 1 aromatic carbocycles. The first-order valence-corrected chi connectivity index (χ1v) is 9.44. The minimum atomic E-state index is -0.622. The number of carbonyl (C=O) groups excluding carboxylic acids is 2. The first-order valence-electron chi connectivity index (χ1n) is 9.06. The number of pyridine rings is 1. The highest BCUT2D eigenvalue weighted by Crippen LogP contribution is 2.46. The molecule has 0 saturated heterocycles. The summed E-state index contributed by atoms with van der Waals surface area (Å²) in [4.78, 5) is 28.4. The molecule has 0 amide bonds. The predicted molar refractivity (Wildman–Crippen MR) is 102 cm³/mol. The second-order valence-corrected chi connectivity index (χ2v) is 7.48. The fourth-order valence-electron chi connectivity index (χ4n) is 3.28. The number of halogens is 2. The summed E-state index contributed by atoms with van der Waals surface area (Å²) in [5.74, 6) is -0.957. The molecule has 142 valence electrons. The largest absolute Gasteiger partial charge is 0.309 e. The van der Waals surface area contributed by atoms with Gasteiger partial charge in [0.25, 0.3) is 0 Å². The molecule has 1 aliphatic rings. The summed E-state index contributed by atoms with van der Waals surface area (Å²) in [5.41, 5.74) is 0.207. The van der Waals surface area contributed by atoms with Gasteiger partial charge in [-0.2, -0.15) is 0 Å². The van der Waals surface area contributed by atoms with E-state index in [1.165, 1.54) is 6.20 Å². The molecule has 0 unspecified atom stereocenters. The van der Waals surface area contributed by atoms with E-state index in [4.69, 9.17) is 11.6 Å². The van der Waals surface area contributed by atoms with E-state index in [1.807, 2.05) is 6.92 Å². The Morgan fingerprint density at radius 3 is 2.63 bits per heavy atom. The standard InChI is InChI=1S/C21H22ClFN2O2/c1-3-17(25-12-21(8-9-21)13(2)26)15-6-7-16(22)18(19(15)23)20(27)14-5-4-10-24-11-14/h4-7,10-11,17,25H,3,8-9,12H2,1-2H3/t17-/m1/s1. The summed E-state index contributed by atoms with van der Waals surface area (Å²) >= 11 is 6.15. The normalized spacial score (nSPS) is 16.0. The van der Waals surface area contributed by atoms with Gasteiger partial charge in [0, 0.05) is 41.5 Å². The summed E-state index contributed by atoms with van der Waals surface area (Å²) in [5, 5.41) is 3.38. The van der Waals surface area contributed by atoms with Gasteiger partial charge in [0.05, 0.1) is 10.6 Å². The van der Waals surface area contributed by atoms with Gasteiger partial charge >= 0.3 is 0 Å². The van der Waals surface area contributed by atoms with E-state index in [9.17, 15) is 9.59 Å². The number of carbonyl (C=O) groups is 2. The molecular weight excluding hydrogens is 367 g/mol. The van der Waals surface area contributed by atoms with E-state index in [0.717, 1.165) is 12.8 Å². The van der Waals surface area contributed by atoms with Gasteiger partial charge in [0.1, 0.15) is 11.6 Å². The predicted octanol–water partition coefficient (Wildman–Crippen LogP) is 4.52. The van der Waals surface area contributed by atoms with Crippen LogP contribution in [0, 0.1) is 11.2 Å². The molecule has 6 heteroatoms. The Morgan fingerprint density at radius 2 is 2.07 bits per heavy atom. The van der Waals surface area contributed by atoms with Crippen LogP contribution in [0.25, 0.3) is 0 Å². The molecule has 4 nitrogen and oxygen atoms in total.